The van der Waals surface area contributed by atoms with Gasteiger partial charge in [0, 0.05) is 12.8 Å². The number of carbonyl (C=O) groups excluding carboxylic acids is 2. The molecule has 0 heterocycles. The Morgan fingerprint density at radius 1 is 0.381 bits per heavy atom. The summed E-state index contributed by atoms with van der Waals surface area (Å²) in [5.41, 5.74) is 0. The van der Waals surface area contributed by atoms with E-state index >= 15 is 0 Å². The zero-order chi connectivity index (χ0) is 61.2. The molecule has 492 valence electrons. The van der Waals surface area contributed by atoms with Crippen LogP contribution in [0.1, 0.15) is 348 Å². The zero-order valence-corrected chi connectivity index (χ0v) is 57.0. The van der Waals surface area contributed by atoms with Crippen molar-refractivity contribution in [1.29, 1.82) is 0 Å². The first-order chi connectivity index (χ1) is 41.0. The van der Waals surface area contributed by atoms with Gasteiger partial charge in [-0.05, 0) is 57.8 Å². The number of esters is 2. The molecule has 0 saturated carbocycles. The van der Waals surface area contributed by atoms with Gasteiger partial charge in [0.05, 0.1) is 27.7 Å². The Labute approximate surface area is 521 Å². The van der Waals surface area contributed by atoms with Gasteiger partial charge in [-0.2, -0.15) is 0 Å². The molecule has 0 aliphatic heterocycles. The maximum Gasteiger partial charge on any atom is 0.306 e. The lowest BCUT2D eigenvalue weighted by atomic mass is 10.0. The summed E-state index contributed by atoms with van der Waals surface area (Å²) in [6, 6.07) is 0. The van der Waals surface area contributed by atoms with Crippen LogP contribution in [0.5, 0.6) is 0 Å². The maximum absolute atomic E-state index is 12.9. The number of hydrogen-bond donors (Lipinski definition) is 0. The Balaban J connectivity index is 4.00. The number of allylic oxidation sites excluding steroid dienone is 10. The molecule has 0 aromatic rings. The largest absolute Gasteiger partial charge is 0.756 e. The number of unbranched alkanes of at least 4 members (excludes halogenated alkanes) is 43. The SMILES string of the molecule is CC/C=C\C/C=C\C/C=C\C/C=C\C/C=C\CCCCCCCCCCCCCCCC(=O)OC(COC(=O)CCCCCCCCCCCCCCCCCCCCCCCCCCCCCCCCC)COP(=O)([O-])OCC[N+](C)(C)C. The number of phosphoric ester groups is 1. The molecule has 84 heavy (non-hydrogen) atoms. The fourth-order valence-corrected chi connectivity index (χ4v) is 11.3. The lowest BCUT2D eigenvalue weighted by Gasteiger charge is -2.28. The minimum atomic E-state index is -4.64. The van der Waals surface area contributed by atoms with Crippen molar-refractivity contribution in [2.45, 2.75) is 354 Å². The summed E-state index contributed by atoms with van der Waals surface area (Å²) in [6.45, 7) is 4.19. The van der Waals surface area contributed by atoms with Crippen molar-refractivity contribution >= 4 is 19.8 Å². The third-order valence-corrected chi connectivity index (χ3v) is 17.0. The Morgan fingerprint density at radius 3 is 1.01 bits per heavy atom. The number of quaternary nitrogens is 1. The summed E-state index contributed by atoms with van der Waals surface area (Å²) >= 11 is 0. The van der Waals surface area contributed by atoms with E-state index in [0.717, 1.165) is 70.6 Å². The summed E-state index contributed by atoms with van der Waals surface area (Å²) in [5.74, 6) is -0.818. The first-order valence-corrected chi connectivity index (χ1v) is 37.5. The molecule has 0 aromatic carbocycles. The molecule has 0 aliphatic carbocycles. The summed E-state index contributed by atoms with van der Waals surface area (Å²) in [4.78, 5) is 38.1. The van der Waals surface area contributed by atoms with Crippen molar-refractivity contribution in [3.8, 4) is 0 Å². The number of phosphoric acid groups is 1. The van der Waals surface area contributed by atoms with Gasteiger partial charge in [-0.15, -0.1) is 0 Å². The van der Waals surface area contributed by atoms with Gasteiger partial charge in [-0.25, -0.2) is 0 Å². The van der Waals surface area contributed by atoms with E-state index in [1.165, 1.54) is 244 Å². The van der Waals surface area contributed by atoms with E-state index in [1.807, 2.05) is 21.1 Å². The zero-order valence-electron chi connectivity index (χ0n) is 56.1. The Hall–Kier alpha value is -2.29. The quantitative estimate of drug-likeness (QED) is 0.0195. The fraction of sp³-hybridized carbons (Fsp3) is 0.838. The van der Waals surface area contributed by atoms with Crippen molar-refractivity contribution in [1.82, 2.24) is 0 Å². The van der Waals surface area contributed by atoms with Crippen LogP contribution in [-0.2, 0) is 32.7 Å². The van der Waals surface area contributed by atoms with Crippen LogP contribution in [0, 0.1) is 0 Å². The highest BCUT2D eigenvalue weighted by Crippen LogP contribution is 2.38. The third-order valence-electron chi connectivity index (χ3n) is 16.1. The standard InChI is InChI=1S/C74H138NO8P/c1-6-8-10-12-14-16-18-20-22-24-26-28-30-32-34-36-37-39-40-42-44-46-48-50-52-54-56-58-60-62-64-66-73(76)80-70-72(71-82-84(78,79)81-69-68-75(3,4)5)83-74(77)67-65-63-61-59-57-55-53-51-49-47-45-43-41-38-35-33-31-29-27-25-23-21-19-17-15-13-11-9-7-2/h9,11,15,17,21,23,27,29,33,35,72H,6-8,10,12-14,16,18-20,22,24-26,28,30-32,34,36-71H2,1-5H3/b11-9-,17-15-,23-21-,29-27-,35-33-. The van der Waals surface area contributed by atoms with Gasteiger partial charge in [0.25, 0.3) is 7.82 Å². The first kappa shape index (κ1) is 81.7. The highest BCUT2D eigenvalue weighted by molar-refractivity contribution is 7.45. The molecule has 2 atom stereocenters. The van der Waals surface area contributed by atoms with E-state index in [4.69, 9.17) is 18.5 Å². The van der Waals surface area contributed by atoms with Crippen molar-refractivity contribution in [3.05, 3.63) is 60.8 Å². The van der Waals surface area contributed by atoms with Gasteiger partial charge in [-0.1, -0.05) is 338 Å². The number of carbonyl (C=O) groups is 2. The summed E-state index contributed by atoms with van der Waals surface area (Å²) in [5, 5.41) is 0. The second-order valence-electron chi connectivity index (χ2n) is 25.6. The fourth-order valence-electron chi connectivity index (χ4n) is 10.6. The molecule has 0 aliphatic rings. The number of likely N-dealkylation sites (N-methyl/N-ethyl adjacent to an activating group) is 1. The van der Waals surface area contributed by atoms with Gasteiger partial charge in [0.1, 0.15) is 19.8 Å². The van der Waals surface area contributed by atoms with Crippen LogP contribution >= 0.6 is 7.82 Å². The Bertz CT molecular complexity index is 1600. The molecule has 0 spiro atoms. The van der Waals surface area contributed by atoms with Gasteiger partial charge in [0.15, 0.2) is 6.10 Å². The van der Waals surface area contributed by atoms with Crippen molar-refractivity contribution in [2.75, 3.05) is 47.5 Å². The number of nitrogens with zero attached hydrogens (tertiary/aromatic N) is 1. The van der Waals surface area contributed by atoms with Crippen LogP contribution in [0.15, 0.2) is 60.8 Å². The molecule has 0 radical (unpaired) electrons. The predicted molar refractivity (Wildman–Crippen MR) is 360 cm³/mol. The molecule has 9 nitrogen and oxygen atoms in total. The molecule has 2 unspecified atom stereocenters. The highest BCUT2D eigenvalue weighted by Gasteiger charge is 2.22. The number of rotatable bonds is 67. The van der Waals surface area contributed by atoms with E-state index in [0.29, 0.717) is 17.4 Å². The van der Waals surface area contributed by atoms with E-state index < -0.39 is 26.5 Å². The molecule has 0 rings (SSSR count). The van der Waals surface area contributed by atoms with Crippen LogP contribution < -0.4 is 4.89 Å². The number of ether oxygens (including phenoxy) is 2. The average Bonchev–Trinajstić information content (AvgIpc) is 3.61. The van der Waals surface area contributed by atoms with Crippen LogP contribution in [0.2, 0.25) is 0 Å². The van der Waals surface area contributed by atoms with E-state index in [9.17, 15) is 19.0 Å². The average molecular weight is 1200 g/mol. The minimum absolute atomic E-state index is 0.0304. The Kier molecular flexibility index (Phi) is 63.4. The molecule has 0 fully saturated rings. The molecule has 0 N–H and O–H groups in total. The molecule has 0 aromatic heterocycles. The van der Waals surface area contributed by atoms with E-state index in [1.54, 1.807) is 0 Å². The predicted octanol–water partition coefficient (Wildman–Crippen LogP) is 22.8. The van der Waals surface area contributed by atoms with Crippen LogP contribution in [-0.4, -0.2) is 70.0 Å². The maximum atomic E-state index is 12.9. The van der Waals surface area contributed by atoms with Gasteiger partial charge < -0.3 is 27.9 Å². The number of hydrogen-bond acceptors (Lipinski definition) is 8. The van der Waals surface area contributed by atoms with Crippen LogP contribution in [0.4, 0.5) is 0 Å². The van der Waals surface area contributed by atoms with Gasteiger partial charge in [0.2, 0.25) is 0 Å². The Morgan fingerprint density at radius 2 is 0.679 bits per heavy atom. The van der Waals surface area contributed by atoms with E-state index in [2.05, 4.69) is 74.6 Å². The monoisotopic (exact) mass is 1200 g/mol. The summed E-state index contributed by atoms with van der Waals surface area (Å²) in [7, 11) is 1.18. The first-order valence-electron chi connectivity index (χ1n) is 36.0. The molecule has 0 amide bonds. The van der Waals surface area contributed by atoms with Crippen molar-refractivity contribution < 1.29 is 42.1 Å². The van der Waals surface area contributed by atoms with Crippen molar-refractivity contribution in [2.24, 2.45) is 0 Å². The normalized spacial score (nSPS) is 13.5. The molecular formula is C74H138NO8P. The smallest absolute Gasteiger partial charge is 0.306 e. The molecule has 10 heteroatoms. The lowest BCUT2D eigenvalue weighted by Crippen LogP contribution is -2.37. The molecular weight excluding hydrogens is 1060 g/mol. The topological polar surface area (TPSA) is 111 Å². The summed E-state index contributed by atoms with van der Waals surface area (Å²) < 4.78 is 34.3. The van der Waals surface area contributed by atoms with Gasteiger partial charge in [-0.3, -0.25) is 14.2 Å². The highest BCUT2D eigenvalue weighted by atomic mass is 31.2. The van der Waals surface area contributed by atoms with Crippen molar-refractivity contribution in [3.63, 3.8) is 0 Å². The second-order valence-corrected chi connectivity index (χ2v) is 27.0. The summed E-state index contributed by atoms with van der Waals surface area (Å²) in [6.07, 6.45) is 86.0. The van der Waals surface area contributed by atoms with Gasteiger partial charge >= 0.3 is 11.9 Å². The lowest BCUT2D eigenvalue weighted by molar-refractivity contribution is -0.870. The van der Waals surface area contributed by atoms with E-state index in [-0.39, 0.29) is 32.0 Å². The molecule has 0 saturated heterocycles. The third kappa shape index (κ3) is 68.8. The second kappa shape index (κ2) is 65.2. The molecule has 0 bridgehead atoms. The minimum Gasteiger partial charge on any atom is -0.756 e. The van der Waals surface area contributed by atoms with Crippen LogP contribution in [0.25, 0.3) is 0 Å². The van der Waals surface area contributed by atoms with Crippen LogP contribution in [0.3, 0.4) is 0 Å².